The highest BCUT2D eigenvalue weighted by atomic mass is 16.4. The highest BCUT2D eigenvalue weighted by Gasteiger charge is 2.12. The predicted molar refractivity (Wildman–Crippen MR) is 72.8 cm³/mol. The highest BCUT2D eigenvalue weighted by molar-refractivity contribution is 5.78. The molecule has 0 aliphatic carbocycles. The van der Waals surface area contributed by atoms with Gasteiger partial charge in [-0.1, -0.05) is 6.07 Å². The molecule has 0 unspecified atom stereocenters. The van der Waals surface area contributed by atoms with Crippen molar-refractivity contribution in [3.05, 3.63) is 35.4 Å². The molecule has 2 heterocycles. The molecule has 0 amide bonds. The number of hydrogen-bond acceptors (Lipinski definition) is 5. The molecule has 3 rings (SSSR count). The fraction of sp³-hybridized carbons (Fsp3) is 0.143. The number of oxazole rings is 1. The maximum atomic E-state index is 10.1. The van der Waals surface area contributed by atoms with E-state index in [1.54, 1.807) is 18.2 Å². The van der Waals surface area contributed by atoms with Crippen LogP contribution in [0.4, 0.5) is 6.01 Å². The fourth-order valence-corrected chi connectivity index (χ4v) is 2.25. The van der Waals surface area contributed by atoms with Crippen LogP contribution in [0.5, 0.6) is 5.75 Å². The van der Waals surface area contributed by atoms with Crippen molar-refractivity contribution in [3.63, 3.8) is 0 Å². The number of hydrogen-bond donors (Lipinski definition) is 2. The first kappa shape index (κ1) is 11.5. The van der Waals surface area contributed by atoms with Crippen molar-refractivity contribution in [1.82, 2.24) is 9.97 Å². The summed E-state index contributed by atoms with van der Waals surface area (Å²) in [5, 5.41) is 10.1. The summed E-state index contributed by atoms with van der Waals surface area (Å²) in [5.74, 6) is 0.209. The zero-order valence-electron chi connectivity index (χ0n) is 10.6. The van der Waals surface area contributed by atoms with Gasteiger partial charge in [-0.05, 0) is 43.2 Å². The Bertz CT molecular complexity index is 754. The Hall–Kier alpha value is -2.56. The Labute approximate surface area is 109 Å². The first-order valence-electron chi connectivity index (χ1n) is 5.88. The number of phenolic OH excluding ortho intramolecular Hbond substituents is 1. The molecular weight excluding hydrogens is 242 g/mol. The molecule has 96 valence electrons. The van der Waals surface area contributed by atoms with E-state index in [1.807, 2.05) is 19.9 Å². The third kappa shape index (κ3) is 1.89. The molecule has 3 aromatic rings. The molecule has 2 aromatic heterocycles. The first-order valence-corrected chi connectivity index (χ1v) is 5.88. The van der Waals surface area contributed by atoms with Crippen molar-refractivity contribution in [1.29, 1.82) is 0 Å². The van der Waals surface area contributed by atoms with Crippen LogP contribution in [0, 0.1) is 13.8 Å². The van der Waals surface area contributed by atoms with Crippen LogP contribution in [0.1, 0.15) is 11.1 Å². The molecule has 0 atom stereocenters. The number of phenols is 1. The van der Waals surface area contributed by atoms with Crippen LogP contribution in [0.25, 0.3) is 22.5 Å². The Morgan fingerprint density at radius 1 is 1.16 bits per heavy atom. The molecule has 5 heteroatoms. The summed E-state index contributed by atoms with van der Waals surface area (Å²) in [6.07, 6.45) is 0. The summed E-state index contributed by atoms with van der Waals surface area (Å²) in [4.78, 5) is 8.37. The lowest BCUT2D eigenvalue weighted by Gasteiger charge is -2.09. The third-order valence-electron chi connectivity index (χ3n) is 2.99. The molecule has 0 aliphatic heterocycles. The summed E-state index contributed by atoms with van der Waals surface area (Å²) in [6.45, 7) is 3.87. The zero-order chi connectivity index (χ0) is 13.6. The second-order valence-electron chi connectivity index (χ2n) is 4.55. The number of benzene rings is 1. The number of rotatable bonds is 1. The van der Waals surface area contributed by atoms with Crippen molar-refractivity contribution in [3.8, 4) is 17.0 Å². The molecule has 0 saturated carbocycles. The second-order valence-corrected chi connectivity index (χ2v) is 4.55. The van der Waals surface area contributed by atoms with Crippen LogP contribution >= 0.6 is 0 Å². The van der Waals surface area contributed by atoms with Gasteiger partial charge in [0.05, 0.1) is 5.69 Å². The van der Waals surface area contributed by atoms with Gasteiger partial charge in [-0.25, -0.2) is 4.98 Å². The van der Waals surface area contributed by atoms with Crippen LogP contribution in [0.15, 0.2) is 28.7 Å². The Kier molecular flexibility index (Phi) is 2.41. The van der Waals surface area contributed by atoms with Gasteiger partial charge in [0, 0.05) is 5.56 Å². The molecule has 5 nitrogen and oxygen atoms in total. The number of nitrogen functional groups attached to an aromatic ring is 1. The topological polar surface area (TPSA) is 85.2 Å². The van der Waals surface area contributed by atoms with Crippen molar-refractivity contribution in [2.45, 2.75) is 13.8 Å². The molecule has 0 aliphatic rings. The van der Waals surface area contributed by atoms with E-state index in [4.69, 9.17) is 10.2 Å². The minimum atomic E-state index is 0.0875. The van der Waals surface area contributed by atoms with Crippen LogP contribution in [-0.2, 0) is 0 Å². The number of aromatic hydroxyl groups is 1. The molecule has 19 heavy (non-hydrogen) atoms. The van der Waals surface area contributed by atoms with Gasteiger partial charge in [-0.3, -0.25) is 0 Å². The van der Waals surface area contributed by atoms with Gasteiger partial charge in [0.25, 0.3) is 6.01 Å². The highest BCUT2D eigenvalue weighted by Crippen LogP contribution is 2.33. The molecular formula is C14H13N3O2. The largest absolute Gasteiger partial charge is 0.507 e. The molecule has 0 radical (unpaired) electrons. The summed E-state index contributed by atoms with van der Waals surface area (Å²) >= 11 is 0. The average Bonchev–Trinajstić information content (AvgIpc) is 2.67. The van der Waals surface area contributed by atoms with Crippen molar-refractivity contribution in [2.75, 3.05) is 5.73 Å². The Balaban J connectivity index is 2.24. The summed E-state index contributed by atoms with van der Waals surface area (Å²) in [7, 11) is 0. The SMILES string of the molecule is Cc1cc(C)c(-c2ccc3oc(N)nc3n2)c(O)c1. The van der Waals surface area contributed by atoms with Crippen molar-refractivity contribution >= 4 is 17.2 Å². The minimum Gasteiger partial charge on any atom is -0.507 e. The standard InChI is InChI=1S/C14H13N3O2/c1-7-5-8(2)12(10(18)6-7)9-3-4-11-13(16-9)17-14(15)19-11/h3-6,18H,1-2H3,(H2,15,16,17). The molecule has 0 bridgehead atoms. The van der Waals surface area contributed by atoms with E-state index in [2.05, 4.69) is 9.97 Å². The van der Waals surface area contributed by atoms with Gasteiger partial charge in [0.15, 0.2) is 5.58 Å². The number of aromatic nitrogens is 2. The number of aryl methyl sites for hydroxylation is 2. The van der Waals surface area contributed by atoms with Gasteiger partial charge >= 0.3 is 0 Å². The quantitative estimate of drug-likeness (QED) is 0.698. The second kappa shape index (κ2) is 3.98. The zero-order valence-corrected chi connectivity index (χ0v) is 10.6. The van der Waals surface area contributed by atoms with E-state index in [-0.39, 0.29) is 11.8 Å². The first-order chi connectivity index (χ1) is 9.04. The molecule has 0 saturated heterocycles. The third-order valence-corrected chi connectivity index (χ3v) is 2.99. The average molecular weight is 255 g/mol. The lowest BCUT2D eigenvalue weighted by atomic mass is 10.0. The van der Waals surface area contributed by atoms with E-state index in [9.17, 15) is 5.11 Å². The van der Waals surface area contributed by atoms with Crippen LogP contribution in [-0.4, -0.2) is 15.1 Å². The molecule has 0 fully saturated rings. The number of anilines is 1. The van der Waals surface area contributed by atoms with Gasteiger partial charge in [0.2, 0.25) is 5.65 Å². The monoisotopic (exact) mass is 255 g/mol. The maximum absolute atomic E-state index is 10.1. The molecule has 0 spiro atoms. The minimum absolute atomic E-state index is 0.0875. The van der Waals surface area contributed by atoms with Gasteiger partial charge < -0.3 is 15.3 Å². The molecule has 3 N–H and O–H groups in total. The lowest BCUT2D eigenvalue weighted by molar-refractivity contribution is 0.476. The number of nitrogens with zero attached hydrogens (tertiary/aromatic N) is 2. The Morgan fingerprint density at radius 2 is 1.95 bits per heavy atom. The number of nitrogens with two attached hydrogens (primary N) is 1. The fourth-order valence-electron chi connectivity index (χ4n) is 2.25. The van der Waals surface area contributed by atoms with Crippen molar-refractivity contribution < 1.29 is 9.52 Å². The Morgan fingerprint density at radius 3 is 2.68 bits per heavy atom. The number of fused-ring (bicyclic) bond motifs is 1. The van der Waals surface area contributed by atoms with Crippen LogP contribution in [0.2, 0.25) is 0 Å². The number of pyridine rings is 1. The summed E-state index contributed by atoms with van der Waals surface area (Å²) in [5.41, 5.74) is 9.78. The summed E-state index contributed by atoms with van der Waals surface area (Å²) in [6, 6.07) is 7.33. The van der Waals surface area contributed by atoms with E-state index in [1.165, 1.54) is 0 Å². The van der Waals surface area contributed by atoms with E-state index in [0.29, 0.717) is 22.5 Å². The lowest BCUT2D eigenvalue weighted by Crippen LogP contribution is -1.90. The van der Waals surface area contributed by atoms with Crippen molar-refractivity contribution in [2.24, 2.45) is 0 Å². The summed E-state index contributed by atoms with van der Waals surface area (Å²) < 4.78 is 5.18. The normalized spacial score (nSPS) is 11.1. The van der Waals surface area contributed by atoms with Gasteiger partial charge in [-0.15, -0.1) is 0 Å². The maximum Gasteiger partial charge on any atom is 0.294 e. The van der Waals surface area contributed by atoms with E-state index >= 15 is 0 Å². The van der Waals surface area contributed by atoms with Gasteiger partial charge in [0.1, 0.15) is 5.75 Å². The van der Waals surface area contributed by atoms with E-state index < -0.39 is 0 Å². The van der Waals surface area contributed by atoms with Crippen LogP contribution in [0.3, 0.4) is 0 Å². The predicted octanol–water partition coefficient (Wildman–Crippen LogP) is 2.79. The molecule has 1 aromatic carbocycles. The smallest absolute Gasteiger partial charge is 0.294 e. The van der Waals surface area contributed by atoms with Crippen LogP contribution < -0.4 is 5.73 Å². The van der Waals surface area contributed by atoms with Gasteiger partial charge in [-0.2, -0.15) is 4.98 Å². The van der Waals surface area contributed by atoms with E-state index in [0.717, 1.165) is 11.1 Å².